The molecule has 0 aliphatic rings. The maximum atomic E-state index is 12.8. The fourth-order valence-corrected chi connectivity index (χ4v) is 1.93. The molecule has 0 unspecified atom stereocenters. The minimum Gasteiger partial charge on any atom is -0.492 e. The predicted molar refractivity (Wildman–Crippen MR) is 77.2 cm³/mol. The Bertz CT molecular complexity index is 678. The van der Waals surface area contributed by atoms with Gasteiger partial charge in [-0.1, -0.05) is 17.7 Å². The number of alkyl halides is 3. The Balaban J connectivity index is 1.89. The molecule has 0 atom stereocenters. The fraction of sp³-hybridized carbons (Fsp3) is 0.333. The first-order valence-corrected chi connectivity index (χ1v) is 6.86. The third kappa shape index (κ3) is 4.48. The number of hydrogen-bond donors (Lipinski definition) is 1. The van der Waals surface area contributed by atoms with Crippen LogP contribution in [0.5, 0.6) is 5.75 Å². The summed E-state index contributed by atoms with van der Waals surface area (Å²) in [6.07, 6.45) is -3.63. The first-order valence-electron chi connectivity index (χ1n) is 6.86. The lowest BCUT2D eigenvalue weighted by Gasteiger charge is -2.09. The van der Waals surface area contributed by atoms with Gasteiger partial charge in [-0.05, 0) is 19.1 Å². The Hall–Kier alpha value is -2.51. The molecule has 23 heavy (non-hydrogen) atoms. The largest absolute Gasteiger partial charge is 0.492 e. The van der Waals surface area contributed by atoms with E-state index in [1.165, 1.54) is 7.05 Å². The molecule has 1 aromatic carbocycles. The van der Waals surface area contributed by atoms with Crippen LogP contribution in [-0.2, 0) is 13.2 Å². The first-order chi connectivity index (χ1) is 10.8. The number of nitrogens with one attached hydrogen (secondary N) is 1. The average molecular weight is 327 g/mol. The summed E-state index contributed by atoms with van der Waals surface area (Å²) in [7, 11) is 1.33. The molecule has 0 spiro atoms. The molecule has 1 N–H and O–H groups in total. The summed E-state index contributed by atoms with van der Waals surface area (Å²) in [6, 6.07) is 7.30. The molecule has 0 aliphatic carbocycles. The van der Waals surface area contributed by atoms with Gasteiger partial charge in [0.2, 0.25) is 0 Å². The van der Waals surface area contributed by atoms with Gasteiger partial charge in [-0.25, -0.2) is 0 Å². The van der Waals surface area contributed by atoms with Gasteiger partial charge in [0.25, 0.3) is 5.91 Å². The molecule has 0 saturated heterocycles. The number of rotatable bonds is 5. The van der Waals surface area contributed by atoms with Crippen LogP contribution in [0.3, 0.4) is 0 Å². The summed E-state index contributed by atoms with van der Waals surface area (Å²) in [5.74, 6) is -0.208. The number of carbonyl (C=O) groups is 1. The van der Waals surface area contributed by atoms with Crippen LogP contribution in [0.1, 0.15) is 21.6 Å². The number of halogens is 3. The molecule has 0 radical (unpaired) electrons. The summed E-state index contributed by atoms with van der Waals surface area (Å²) in [4.78, 5) is 11.9. The van der Waals surface area contributed by atoms with E-state index in [-0.39, 0.29) is 13.2 Å². The minimum absolute atomic E-state index is 0.0822. The third-order valence-electron chi connectivity index (χ3n) is 3.02. The minimum atomic E-state index is -4.67. The molecule has 2 aromatic rings. The zero-order chi connectivity index (χ0) is 17.0. The molecule has 1 amide bonds. The van der Waals surface area contributed by atoms with Gasteiger partial charge >= 0.3 is 6.18 Å². The summed E-state index contributed by atoms with van der Waals surface area (Å²) in [6.45, 7) is 2.17. The fourth-order valence-electron chi connectivity index (χ4n) is 1.93. The molecular weight excluding hydrogens is 311 g/mol. The molecule has 1 aromatic heterocycles. The summed E-state index contributed by atoms with van der Waals surface area (Å²) in [5, 5.41) is 5.68. The number of aromatic nitrogens is 2. The molecule has 1 heterocycles. The number of carbonyl (C=O) groups excluding carboxylic acids is 1. The van der Waals surface area contributed by atoms with E-state index in [2.05, 4.69) is 10.4 Å². The maximum Gasteiger partial charge on any atom is 0.435 e. The van der Waals surface area contributed by atoms with Gasteiger partial charge in [0.1, 0.15) is 12.4 Å². The van der Waals surface area contributed by atoms with Crippen molar-refractivity contribution in [2.45, 2.75) is 13.1 Å². The highest BCUT2D eigenvalue weighted by molar-refractivity contribution is 5.95. The van der Waals surface area contributed by atoms with E-state index >= 15 is 0 Å². The van der Waals surface area contributed by atoms with E-state index in [0.717, 1.165) is 16.4 Å². The topological polar surface area (TPSA) is 56.1 Å². The molecule has 0 aliphatic heterocycles. The van der Waals surface area contributed by atoms with Crippen LogP contribution in [0.2, 0.25) is 0 Å². The van der Waals surface area contributed by atoms with E-state index in [0.29, 0.717) is 5.75 Å². The molecule has 0 saturated carbocycles. The second kappa shape index (κ2) is 6.72. The van der Waals surface area contributed by atoms with Gasteiger partial charge in [0, 0.05) is 13.2 Å². The molecule has 2 rings (SSSR count). The number of hydrogen-bond acceptors (Lipinski definition) is 3. The zero-order valence-electron chi connectivity index (χ0n) is 12.6. The molecule has 5 nitrogen and oxygen atoms in total. The molecule has 0 bridgehead atoms. The van der Waals surface area contributed by atoms with Crippen molar-refractivity contribution in [2.24, 2.45) is 7.05 Å². The Morgan fingerprint density at radius 1 is 1.30 bits per heavy atom. The Labute approximate surface area is 131 Å². The van der Waals surface area contributed by atoms with Crippen LogP contribution < -0.4 is 10.1 Å². The quantitative estimate of drug-likeness (QED) is 0.859. The summed E-state index contributed by atoms with van der Waals surface area (Å²) in [5.41, 5.74) is -0.616. The van der Waals surface area contributed by atoms with Crippen molar-refractivity contribution < 1.29 is 22.7 Å². The van der Waals surface area contributed by atoms with E-state index in [1.54, 1.807) is 12.1 Å². The maximum absolute atomic E-state index is 12.8. The van der Waals surface area contributed by atoms with Crippen LogP contribution in [0.15, 0.2) is 30.5 Å². The standard InChI is InChI=1S/C15H16F3N3O2/c1-10-3-5-11(6-4-10)23-8-7-19-14(22)12-9-21(2)20-13(12)15(16,17)18/h3-6,9H,7-8H2,1-2H3,(H,19,22). The van der Waals surface area contributed by atoms with Crippen LogP contribution in [0.25, 0.3) is 0 Å². The lowest BCUT2D eigenvalue weighted by molar-refractivity contribution is -0.141. The van der Waals surface area contributed by atoms with Crippen LogP contribution in [0.4, 0.5) is 13.2 Å². The number of nitrogens with zero attached hydrogens (tertiary/aromatic N) is 2. The number of aryl methyl sites for hydroxylation is 2. The molecule has 8 heteroatoms. The van der Waals surface area contributed by atoms with Gasteiger partial charge in [0.05, 0.1) is 12.1 Å². The second-order valence-electron chi connectivity index (χ2n) is 4.98. The SMILES string of the molecule is Cc1ccc(OCCNC(=O)c2cn(C)nc2C(F)(F)F)cc1. The normalized spacial score (nSPS) is 11.3. The van der Waals surface area contributed by atoms with Crippen molar-refractivity contribution in [2.75, 3.05) is 13.2 Å². The van der Waals surface area contributed by atoms with E-state index in [4.69, 9.17) is 4.74 Å². The number of amides is 1. The van der Waals surface area contributed by atoms with Crippen molar-refractivity contribution in [1.82, 2.24) is 15.1 Å². The van der Waals surface area contributed by atoms with Crippen LogP contribution >= 0.6 is 0 Å². The van der Waals surface area contributed by atoms with E-state index in [1.807, 2.05) is 19.1 Å². The lowest BCUT2D eigenvalue weighted by atomic mass is 10.2. The highest BCUT2D eigenvalue weighted by atomic mass is 19.4. The van der Waals surface area contributed by atoms with Gasteiger partial charge in [-0.2, -0.15) is 18.3 Å². The van der Waals surface area contributed by atoms with Crippen molar-refractivity contribution in [3.63, 3.8) is 0 Å². The number of benzene rings is 1. The van der Waals surface area contributed by atoms with Crippen molar-refractivity contribution >= 4 is 5.91 Å². The van der Waals surface area contributed by atoms with Gasteiger partial charge in [0.15, 0.2) is 5.69 Å². The summed E-state index contributed by atoms with van der Waals surface area (Å²) < 4.78 is 44.7. The van der Waals surface area contributed by atoms with Crippen molar-refractivity contribution in [3.8, 4) is 5.75 Å². The third-order valence-corrected chi connectivity index (χ3v) is 3.02. The van der Waals surface area contributed by atoms with E-state index < -0.39 is 23.3 Å². The Morgan fingerprint density at radius 2 is 1.96 bits per heavy atom. The Morgan fingerprint density at radius 3 is 2.57 bits per heavy atom. The predicted octanol–water partition coefficient (Wildman–Crippen LogP) is 2.56. The monoisotopic (exact) mass is 327 g/mol. The smallest absolute Gasteiger partial charge is 0.435 e. The van der Waals surface area contributed by atoms with E-state index in [9.17, 15) is 18.0 Å². The van der Waals surface area contributed by atoms with Crippen LogP contribution in [-0.4, -0.2) is 28.8 Å². The first kappa shape index (κ1) is 16.9. The van der Waals surface area contributed by atoms with Crippen molar-refractivity contribution in [1.29, 1.82) is 0 Å². The lowest BCUT2D eigenvalue weighted by Crippen LogP contribution is -2.29. The number of ether oxygens (including phenoxy) is 1. The van der Waals surface area contributed by atoms with Crippen molar-refractivity contribution in [3.05, 3.63) is 47.3 Å². The van der Waals surface area contributed by atoms with Gasteiger partial charge in [-0.3, -0.25) is 9.48 Å². The molecular formula is C15H16F3N3O2. The van der Waals surface area contributed by atoms with Gasteiger partial charge in [-0.15, -0.1) is 0 Å². The Kier molecular flexibility index (Phi) is 4.92. The average Bonchev–Trinajstić information content (AvgIpc) is 2.87. The van der Waals surface area contributed by atoms with Crippen LogP contribution in [0, 0.1) is 6.92 Å². The highest BCUT2D eigenvalue weighted by Crippen LogP contribution is 2.30. The zero-order valence-corrected chi connectivity index (χ0v) is 12.6. The summed E-state index contributed by atoms with van der Waals surface area (Å²) >= 11 is 0. The molecule has 124 valence electrons. The second-order valence-corrected chi connectivity index (χ2v) is 4.98. The van der Waals surface area contributed by atoms with Gasteiger partial charge < -0.3 is 10.1 Å². The highest BCUT2D eigenvalue weighted by Gasteiger charge is 2.38. The molecule has 0 fully saturated rings.